The number of aromatic nitrogens is 9. The normalized spacial score (nSPS) is 14.1. The van der Waals surface area contributed by atoms with Crippen LogP contribution in [0.1, 0.15) is 82.9 Å². The number of nitrogen functional groups attached to an aromatic ring is 3. The van der Waals surface area contributed by atoms with E-state index < -0.39 is 35.2 Å². The van der Waals surface area contributed by atoms with Crippen LogP contribution in [0.25, 0.3) is 65.5 Å². The molecule has 15 rings (SSSR count). The Morgan fingerprint density at radius 1 is 0.393 bits per heavy atom. The van der Waals surface area contributed by atoms with E-state index in [0.717, 1.165) is 32.8 Å². The number of carbonyl (C=O) groups is 3. The van der Waals surface area contributed by atoms with Crippen LogP contribution in [0.2, 0.25) is 5.02 Å². The van der Waals surface area contributed by atoms with Crippen molar-refractivity contribution in [1.82, 2.24) is 44.9 Å². The first-order chi connectivity index (χ1) is 53.1. The number of rotatable bonds is 13. The Bertz CT molecular complexity index is 5540. The molecule has 3 aliphatic heterocycles. The summed E-state index contributed by atoms with van der Waals surface area (Å²) >= 11 is 10.1. The molecule has 3 fully saturated rings. The number of nitrogens with zero attached hydrogens (tertiary/aromatic N) is 15. The minimum absolute atomic E-state index is 0.0593. The van der Waals surface area contributed by atoms with Crippen molar-refractivity contribution in [3.63, 3.8) is 0 Å². The number of hydrogen-bond donors (Lipinski definition) is 3. The number of carbonyl (C=O) groups excluding carboxylic acids is 3. The fraction of sp³-hybridized carbons (Fsp3) is 0.250. The fourth-order valence-electron chi connectivity index (χ4n) is 12.4. The van der Waals surface area contributed by atoms with E-state index in [2.05, 4.69) is 71.4 Å². The second-order valence-corrected chi connectivity index (χ2v) is 32.6. The predicted molar refractivity (Wildman–Crippen MR) is 431 cm³/mol. The molecule has 12 aromatic rings. The van der Waals surface area contributed by atoms with Crippen molar-refractivity contribution in [1.29, 1.82) is 0 Å². The van der Waals surface area contributed by atoms with Gasteiger partial charge in [0.2, 0.25) is 17.8 Å². The molecule has 6 aromatic carbocycles. The number of urea groups is 3. The van der Waals surface area contributed by atoms with Crippen LogP contribution in [0, 0.1) is 17.5 Å². The standard InChI is InChI=1S/C27H24F4N6OS.C27H27FN6O2S.C26H24ClFN6OS/c1-26(2,3)23-35-21(18-11-12-33-24(32)34-18)22(39-23)17-5-4-6-19(20(17)28)37-14-13-36(25(37)38)16-9-7-15(8-10-16)27(29,30)31;1-27(2,3)24-32-22(19-12-13-30-25(29)31-19)23(37-24)18-6-5-7-20(21(18)28)34-15-14-33(26(34)35)16-8-10-17(36-4)11-9-16;1-26(2,3)23-32-21(18-11-12-30-24(29)31-18)22(36-23)17-5-4-6-19(20(17)28)34-14-13-33(25(34)35)16-9-7-15(27)8-10-16/h4-12H,13-14H2,1-3H3,(H2,32,33,34);5-13H,14-15H2,1-4H3,(H2,29,30,31);4-12H,13-14H2,1-3H3,(H2,29,30,31). The van der Waals surface area contributed by atoms with Gasteiger partial charge in [-0.05, 0) is 109 Å². The van der Waals surface area contributed by atoms with Gasteiger partial charge in [-0.25, -0.2) is 72.4 Å². The number of halogens is 7. The van der Waals surface area contributed by atoms with Gasteiger partial charge in [-0.15, -0.1) is 34.0 Å². The molecule has 0 spiro atoms. The monoisotopic (exact) mass is 1600 g/mol. The number of thiazole rings is 3. The highest BCUT2D eigenvalue weighted by molar-refractivity contribution is 7.16. The summed E-state index contributed by atoms with van der Waals surface area (Å²) in [6.07, 6.45) is 0.131. The van der Waals surface area contributed by atoms with Gasteiger partial charge in [-0.3, -0.25) is 29.4 Å². The zero-order valence-corrected chi connectivity index (χ0v) is 65.5. The predicted octanol–water partition coefficient (Wildman–Crippen LogP) is 18.9. The summed E-state index contributed by atoms with van der Waals surface area (Å²) in [5.41, 5.74) is 22.0. The van der Waals surface area contributed by atoms with Crippen LogP contribution in [0.3, 0.4) is 0 Å². The second kappa shape index (κ2) is 31.2. The van der Waals surface area contributed by atoms with Gasteiger partial charge < -0.3 is 21.9 Å². The summed E-state index contributed by atoms with van der Waals surface area (Å²) in [7, 11) is 1.59. The minimum atomic E-state index is -4.48. The summed E-state index contributed by atoms with van der Waals surface area (Å²) < 4.78 is 92.6. The van der Waals surface area contributed by atoms with Crippen LogP contribution < -0.4 is 51.3 Å². The third-order valence-electron chi connectivity index (χ3n) is 18.2. The molecule has 9 heterocycles. The van der Waals surface area contributed by atoms with Gasteiger partial charge in [-0.1, -0.05) is 110 Å². The fourth-order valence-corrected chi connectivity index (χ4v) is 16.0. The number of anilines is 9. The number of ether oxygens (including phenoxy) is 1. The highest BCUT2D eigenvalue weighted by Gasteiger charge is 2.39. The Morgan fingerprint density at radius 3 is 0.955 bits per heavy atom. The van der Waals surface area contributed by atoms with E-state index in [4.69, 9.17) is 48.5 Å². The summed E-state index contributed by atoms with van der Waals surface area (Å²) in [5, 5.41) is 3.02. The molecule has 0 aliphatic carbocycles. The molecule has 0 bridgehead atoms. The molecule has 6 amide bonds. The highest BCUT2D eigenvalue weighted by atomic mass is 35.5. The number of amides is 6. The molecule has 32 heteroatoms. The van der Waals surface area contributed by atoms with Crippen LogP contribution >= 0.6 is 45.6 Å². The zero-order valence-electron chi connectivity index (χ0n) is 62.3. The van der Waals surface area contributed by atoms with Crippen molar-refractivity contribution in [2.75, 3.05) is 93.0 Å². The molecule has 6 N–H and O–H groups in total. The lowest BCUT2D eigenvalue weighted by Gasteiger charge is -2.20. The zero-order chi connectivity index (χ0) is 80.0. The van der Waals surface area contributed by atoms with Gasteiger partial charge in [0.1, 0.15) is 22.8 Å². The molecule has 0 unspecified atom stereocenters. The lowest BCUT2D eigenvalue weighted by molar-refractivity contribution is -0.137. The second-order valence-electron chi connectivity index (χ2n) is 29.1. The molecule has 576 valence electrons. The van der Waals surface area contributed by atoms with E-state index in [9.17, 15) is 27.6 Å². The number of benzene rings is 6. The molecule has 0 saturated carbocycles. The van der Waals surface area contributed by atoms with Crippen molar-refractivity contribution in [2.45, 2.75) is 84.7 Å². The van der Waals surface area contributed by atoms with Crippen molar-refractivity contribution >= 4 is 116 Å². The van der Waals surface area contributed by atoms with Gasteiger partial charge in [-0.2, -0.15) is 13.2 Å². The average Bonchev–Trinajstić information content (AvgIpc) is 1.72. The number of hydrogen-bond acceptors (Lipinski definition) is 19. The summed E-state index contributed by atoms with van der Waals surface area (Å²) in [6.45, 7) is 20.2. The number of methoxy groups -OCH3 is 1. The van der Waals surface area contributed by atoms with Gasteiger partial charge in [0, 0.05) is 113 Å². The first-order valence-corrected chi connectivity index (χ1v) is 38.0. The first kappa shape index (κ1) is 78.5. The average molecular weight is 1600 g/mol. The lowest BCUT2D eigenvalue weighted by atomic mass is 9.98. The quantitative estimate of drug-likeness (QED) is 0.0905. The maximum atomic E-state index is 16.2. The third kappa shape index (κ3) is 16.3. The highest BCUT2D eigenvalue weighted by Crippen LogP contribution is 2.48. The van der Waals surface area contributed by atoms with Crippen LogP contribution in [0.4, 0.5) is 92.7 Å². The van der Waals surface area contributed by atoms with Crippen LogP contribution in [0.5, 0.6) is 5.75 Å². The molecule has 22 nitrogen and oxygen atoms in total. The number of nitrogens with two attached hydrogens (primary N) is 3. The smallest absolute Gasteiger partial charge is 0.416 e. The third-order valence-corrected chi connectivity index (χ3v) is 22.9. The van der Waals surface area contributed by atoms with Gasteiger partial charge >= 0.3 is 24.3 Å². The Labute approximate surface area is 658 Å². The Balaban J connectivity index is 0.000000147. The van der Waals surface area contributed by atoms with E-state index in [0.29, 0.717) is 108 Å². The van der Waals surface area contributed by atoms with Gasteiger partial charge in [0.25, 0.3) is 0 Å². The maximum absolute atomic E-state index is 16.2. The summed E-state index contributed by atoms with van der Waals surface area (Å²) in [5.74, 6) is -0.605. The minimum Gasteiger partial charge on any atom is -0.497 e. The van der Waals surface area contributed by atoms with Crippen molar-refractivity contribution < 1.29 is 45.5 Å². The first-order valence-electron chi connectivity index (χ1n) is 35.2. The van der Waals surface area contributed by atoms with Crippen molar-refractivity contribution in [3.8, 4) is 71.2 Å². The van der Waals surface area contributed by atoms with Crippen LogP contribution in [-0.2, 0) is 22.4 Å². The SMILES string of the molecule is CC(C)(C)c1nc(-c2ccnc(N)n2)c(-c2cccc(N3CCN(c4ccc(C(F)(F)F)cc4)C3=O)c2F)s1.CC(C)(C)c1nc(-c2ccnc(N)n2)c(-c2cccc(N3CCN(c4ccc(Cl)cc4)C3=O)c2F)s1.COc1ccc(N2CCN(c3cccc(-c4sc(C(C)(C)C)nc4-c4ccnc(N)n4)c3F)C2=O)cc1. The van der Waals surface area contributed by atoms with Gasteiger partial charge in [0.15, 0.2) is 17.5 Å². The maximum Gasteiger partial charge on any atom is 0.416 e. The van der Waals surface area contributed by atoms with E-state index >= 15 is 13.2 Å². The van der Waals surface area contributed by atoms with E-state index in [-0.39, 0.29) is 81.9 Å². The Kier molecular flexibility index (Phi) is 21.9. The molecular formula is C80H75ClF6N18O4S3. The summed E-state index contributed by atoms with van der Waals surface area (Å²) in [4.78, 5) is 89.6. The molecule has 3 aliphatic rings. The molecule has 3 saturated heterocycles. The van der Waals surface area contributed by atoms with Gasteiger partial charge in [0.05, 0.1) is 76.5 Å². The topological polar surface area (TPSA) is 274 Å². The molecular weight excluding hydrogens is 1520 g/mol. The molecule has 0 atom stereocenters. The van der Waals surface area contributed by atoms with E-state index in [1.54, 1.807) is 132 Å². The lowest BCUT2D eigenvalue weighted by Crippen LogP contribution is -2.32. The van der Waals surface area contributed by atoms with Crippen molar-refractivity contribution in [3.05, 3.63) is 207 Å². The Hall–Kier alpha value is -11.7. The largest absolute Gasteiger partial charge is 0.497 e. The molecule has 112 heavy (non-hydrogen) atoms. The molecule has 6 aromatic heterocycles. The Morgan fingerprint density at radius 2 is 0.679 bits per heavy atom. The van der Waals surface area contributed by atoms with E-state index in [1.807, 2.05) is 32.9 Å². The van der Waals surface area contributed by atoms with Crippen LogP contribution in [-0.4, -0.2) is 109 Å². The number of alkyl halides is 3. The summed E-state index contributed by atoms with van der Waals surface area (Å²) in [6, 6.07) is 37.4. The van der Waals surface area contributed by atoms with Crippen LogP contribution in [0.15, 0.2) is 164 Å². The van der Waals surface area contributed by atoms with E-state index in [1.165, 1.54) is 78.0 Å². The molecule has 0 radical (unpaired) electrons. The van der Waals surface area contributed by atoms with Crippen molar-refractivity contribution in [2.24, 2.45) is 0 Å².